The van der Waals surface area contributed by atoms with Gasteiger partial charge in [0.25, 0.3) is 5.92 Å². The number of nitrogens with one attached hydrogen (secondary N) is 1. The van der Waals surface area contributed by atoms with Crippen molar-refractivity contribution in [3.05, 3.63) is 42.6 Å². The highest BCUT2D eigenvalue weighted by molar-refractivity contribution is 5.81. The Bertz CT molecular complexity index is 1140. The number of allylic oxidation sites excluding steroid dienone is 1. The number of benzene rings is 1. The molecule has 39 heavy (non-hydrogen) atoms. The zero-order valence-corrected chi connectivity index (χ0v) is 23.7. The van der Waals surface area contributed by atoms with Gasteiger partial charge in [-0.25, -0.2) is 19.6 Å². The molecule has 3 rings (SSSR count). The van der Waals surface area contributed by atoms with E-state index in [2.05, 4.69) is 49.6 Å². The van der Waals surface area contributed by atoms with Crippen LogP contribution in [0.25, 0.3) is 11.0 Å². The number of carboxylic acids is 1. The first-order chi connectivity index (χ1) is 18.0. The number of likely N-dealkylation sites (tertiary alicyclic amines) is 1. The third kappa shape index (κ3) is 9.42. The van der Waals surface area contributed by atoms with E-state index in [0.717, 1.165) is 11.0 Å². The summed E-state index contributed by atoms with van der Waals surface area (Å²) in [5.41, 5.74) is -0.886. The smallest absolute Gasteiger partial charge is 0.411 e. The maximum absolute atomic E-state index is 14.8. The van der Waals surface area contributed by atoms with E-state index in [0.29, 0.717) is 17.6 Å². The van der Waals surface area contributed by atoms with Crippen LogP contribution < -0.4 is 10.1 Å². The number of carboxylic acid groups (broad SMARTS) is 1. The monoisotopic (exact) mass is 550 g/mol. The van der Waals surface area contributed by atoms with Gasteiger partial charge in [-0.15, -0.1) is 6.58 Å². The van der Waals surface area contributed by atoms with Crippen molar-refractivity contribution in [2.24, 2.45) is 0 Å². The van der Waals surface area contributed by atoms with Crippen LogP contribution in [0, 0.1) is 0 Å². The van der Waals surface area contributed by atoms with E-state index in [1.54, 1.807) is 45.0 Å². The predicted molar refractivity (Wildman–Crippen MR) is 145 cm³/mol. The van der Waals surface area contributed by atoms with Gasteiger partial charge >= 0.3 is 12.1 Å². The zero-order valence-electron chi connectivity index (χ0n) is 23.7. The Hall–Kier alpha value is -3.34. The van der Waals surface area contributed by atoms with Crippen LogP contribution in [0.2, 0.25) is 0 Å². The van der Waals surface area contributed by atoms with Crippen molar-refractivity contribution >= 4 is 23.1 Å². The zero-order chi connectivity index (χ0) is 29.5. The molecule has 0 radical (unpaired) electrons. The molecule has 2 aromatic rings. The SMILES string of the molecule is C=CCC(F)(F)c1nc2ccccc2nc1O[C@@H]1C[C@@H](C(=O)O)N(C(=O)OC(C)(C)C)C1.CC(C)NC(C)C. The molecule has 2 N–H and O–H groups in total. The van der Waals surface area contributed by atoms with Crippen LogP contribution in [0.5, 0.6) is 5.88 Å². The first-order valence-corrected chi connectivity index (χ1v) is 12.9. The number of alkyl halides is 2. The van der Waals surface area contributed by atoms with Crippen molar-refractivity contribution in [3.63, 3.8) is 0 Å². The number of hydrogen-bond acceptors (Lipinski definition) is 7. The fraction of sp³-hybridized carbons (Fsp3) is 0.571. The Morgan fingerprint density at radius 3 is 2.18 bits per heavy atom. The van der Waals surface area contributed by atoms with E-state index in [-0.39, 0.29) is 18.5 Å². The van der Waals surface area contributed by atoms with E-state index in [1.165, 1.54) is 0 Å². The normalized spacial score (nSPS) is 17.7. The summed E-state index contributed by atoms with van der Waals surface area (Å²) in [7, 11) is 0. The van der Waals surface area contributed by atoms with E-state index in [1.807, 2.05) is 0 Å². The van der Waals surface area contributed by atoms with Crippen LogP contribution in [0.15, 0.2) is 36.9 Å². The van der Waals surface area contributed by atoms with Crippen molar-refractivity contribution < 1.29 is 33.0 Å². The number of carbonyl (C=O) groups excluding carboxylic acids is 1. The van der Waals surface area contributed by atoms with Gasteiger partial charge in [-0.3, -0.25) is 4.90 Å². The molecule has 11 heteroatoms. The van der Waals surface area contributed by atoms with Gasteiger partial charge in [0.2, 0.25) is 5.88 Å². The topological polar surface area (TPSA) is 114 Å². The third-order valence-corrected chi connectivity index (χ3v) is 5.41. The maximum Gasteiger partial charge on any atom is 0.411 e. The summed E-state index contributed by atoms with van der Waals surface area (Å²) in [4.78, 5) is 33.5. The highest BCUT2D eigenvalue weighted by Gasteiger charge is 2.44. The lowest BCUT2D eigenvalue weighted by molar-refractivity contribution is -0.142. The number of rotatable bonds is 8. The number of amides is 1. The van der Waals surface area contributed by atoms with Gasteiger partial charge in [-0.2, -0.15) is 8.78 Å². The molecule has 1 aromatic carbocycles. The second-order valence-corrected chi connectivity index (χ2v) is 11.0. The van der Waals surface area contributed by atoms with Crippen molar-refractivity contribution in [3.8, 4) is 5.88 Å². The summed E-state index contributed by atoms with van der Waals surface area (Å²) in [6, 6.07) is 6.52. The van der Waals surface area contributed by atoms with Crippen LogP contribution in [-0.4, -0.2) is 68.4 Å². The van der Waals surface area contributed by atoms with Crippen molar-refractivity contribution in [2.75, 3.05) is 6.54 Å². The number of halogens is 2. The number of aliphatic carboxylic acids is 1. The van der Waals surface area contributed by atoms with E-state index in [4.69, 9.17) is 9.47 Å². The van der Waals surface area contributed by atoms with E-state index in [9.17, 15) is 23.5 Å². The number of carbonyl (C=O) groups is 2. The van der Waals surface area contributed by atoms with Crippen LogP contribution in [-0.2, 0) is 15.5 Å². The largest absolute Gasteiger partial charge is 0.480 e. The second kappa shape index (κ2) is 13.1. The molecule has 1 fully saturated rings. The molecule has 0 bridgehead atoms. The molecule has 0 unspecified atom stereocenters. The van der Waals surface area contributed by atoms with Crippen molar-refractivity contribution in [1.29, 1.82) is 0 Å². The fourth-order valence-electron chi connectivity index (χ4n) is 4.05. The Morgan fingerprint density at radius 2 is 1.72 bits per heavy atom. The van der Waals surface area contributed by atoms with Crippen LogP contribution in [0.1, 0.15) is 67.0 Å². The molecular formula is C28H40F2N4O5. The summed E-state index contributed by atoms with van der Waals surface area (Å²) in [6.45, 7) is 16.8. The van der Waals surface area contributed by atoms with Gasteiger partial charge in [0.15, 0.2) is 5.69 Å². The highest BCUT2D eigenvalue weighted by Crippen LogP contribution is 2.38. The molecule has 9 nitrogen and oxygen atoms in total. The van der Waals surface area contributed by atoms with Gasteiger partial charge in [0.1, 0.15) is 17.7 Å². The summed E-state index contributed by atoms with van der Waals surface area (Å²) in [5.74, 6) is -5.05. The molecule has 1 aliphatic rings. The lowest BCUT2D eigenvalue weighted by atomic mass is 10.1. The van der Waals surface area contributed by atoms with E-state index < -0.39 is 53.7 Å². The third-order valence-electron chi connectivity index (χ3n) is 5.41. The number of nitrogens with zero attached hydrogens (tertiary/aromatic N) is 3. The summed E-state index contributed by atoms with van der Waals surface area (Å²) in [5, 5.41) is 12.9. The summed E-state index contributed by atoms with van der Waals surface area (Å²) >= 11 is 0. The van der Waals surface area contributed by atoms with Gasteiger partial charge in [-0.05, 0) is 32.9 Å². The number of fused-ring (bicyclic) bond motifs is 1. The molecule has 2 atom stereocenters. The molecule has 0 saturated carbocycles. The van der Waals surface area contributed by atoms with Crippen molar-refractivity contribution in [1.82, 2.24) is 20.2 Å². The lowest BCUT2D eigenvalue weighted by Crippen LogP contribution is -2.43. The van der Waals surface area contributed by atoms with Gasteiger partial charge in [0, 0.05) is 24.9 Å². The standard InChI is InChI=1S/C22H25F2N3O5.C6H15N/c1-5-10-22(23,24)17-18(26-15-9-7-6-8-14(15)25-17)31-13-11-16(19(28)29)27(12-13)20(30)32-21(2,3)4;1-5(2)7-6(3)4/h5-9,13,16H,1,10-12H2,2-4H3,(H,28,29);5-7H,1-4H3/t13-,16+;/m1./s1. The van der Waals surface area contributed by atoms with Crippen LogP contribution in [0.3, 0.4) is 0 Å². The molecule has 1 aromatic heterocycles. The summed E-state index contributed by atoms with van der Waals surface area (Å²) < 4.78 is 40.6. The first-order valence-electron chi connectivity index (χ1n) is 12.9. The van der Waals surface area contributed by atoms with Gasteiger partial charge < -0.3 is 19.9 Å². The highest BCUT2D eigenvalue weighted by atomic mass is 19.3. The van der Waals surface area contributed by atoms with Crippen molar-refractivity contribution in [2.45, 2.75) is 97.1 Å². The number of aromatic nitrogens is 2. The quantitative estimate of drug-likeness (QED) is 0.413. The number of para-hydroxylation sites is 2. The molecule has 1 saturated heterocycles. The molecule has 2 heterocycles. The number of ether oxygens (including phenoxy) is 2. The Morgan fingerprint density at radius 1 is 1.15 bits per heavy atom. The average Bonchev–Trinajstić information content (AvgIpc) is 3.21. The molecule has 1 amide bonds. The predicted octanol–water partition coefficient (Wildman–Crippen LogP) is 5.53. The van der Waals surface area contributed by atoms with Gasteiger partial charge in [0.05, 0.1) is 17.6 Å². The molecule has 216 valence electrons. The second-order valence-electron chi connectivity index (χ2n) is 11.0. The van der Waals surface area contributed by atoms with Crippen LogP contribution in [0.4, 0.5) is 13.6 Å². The van der Waals surface area contributed by atoms with E-state index >= 15 is 0 Å². The average molecular weight is 551 g/mol. The lowest BCUT2D eigenvalue weighted by Gasteiger charge is -2.26. The molecular weight excluding hydrogens is 510 g/mol. The Kier molecular flexibility index (Phi) is 10.7. The summed E-state index contributed by atoms with van der Waals surface area (Å²) in [6.07, 6.45) is -1.44. The van der Waals surface area contributed by atoms with Gasteiger partial charge in [-0.1, -0.05) is 45.9 Å². The Balaban J connectivity index is 0.000000673. The fourth-order valence-corrected chi connectivity index (χ4v) is 4.05. The minimum Gasteiger partial charge on any atom is -0.480 e. The first kappa shape index (κ1) is 31.9. The minimum absolute atomic E-state index is 0.116. The number of hydrogen-bond donors (Lipinski definition) is 2. The van der Waals surface area contributed by atoms with Crippen LogP contribution >= 0.6 is 0 Å². The minimum atomic E-state index is -3.40. The Labute approximate surface area is 228 Å². The molecule has 1 aliphatic heterocycles. The maximum atomic E-state index is 14.8. The molecule has 0 spiro atoms. The molecule has 0 aliphatic carbocycles.